The number of aromatic nitrogens is 2. The highest BCUT2D eigenvalue weighted by molar-refractivity contribution is 6.30. The average molecular weight is 343 g/mol. The zero-order chi connectivity index (χ0) is 16.7. The number of carbonyl (C=O) groups excluding carboxylic acids is 1. The monoisotopic (exact) mass is 342 g/mol. The van der Waals surface area contributed by atoms with Crippen LogP contribution in [0.3, 0.4) is 0 Å². The van der Waals surface area contributed by atoms with E-state index in [1.807, 2.05) is 19.9 Å². The molecule has 0 aromatic carbocycles. The summed E-state index contributed by atoms with van der Waals surface area (Å²) in [5.74, 6) is -0.475. The Labute approximate surface area is 138 Å². The summed E-state index contributed by atoms with van der Waals surface area (Å²) in [5.41, 5.74) is 2.60. The van der Waals surface area contributed by atoms with Gasteiger partial charge >= 0.3 is 5.97 Å². The molecule has 0 spiro atoms. The average Bonchev–Trinajstić information content (AvgIpc) is 2.52. The number of methoxy groups -OCH3 is 1. The molecule has 5 nitrogen and oxygen atoms in total. The molecule has 0 atom stereocenters. The van der Waals surface area contributed by atoms with Gasteiger partial charge in [-0.1, -0.05) is 35.3 Å². The van der Waals surface area contributed by atoms with Gasteiger partial charge in [-0.25, -0.2) is 14.8 Å². The van der Waals surface area contributed by atoms with Gasteiger partial charge in [0.15, 0.2) is 0 Å². The second-order valence-corrected chi connectivity index (χ2v) is 5.08. The number of aliphatic hydroxyl groups excluding tert-OH is 1. The molecule has 0 radical (unpaired) electrons. The van der Waals surface area contributed by atoms with Gasteiger partial charge in [0, 0.05) is 0 Å². The molecule has 2 aromatic rings. The van der Waals surface area contributed by atoms with Crippen LogP contribution in [0.15, 0.2) is 24.3 Å². The Kier molecular flexibility index (Phi) is 7.24. The molecule has 1 N–H and O–H groups in total. The molecule has 0 aliphatic heterocycles. The number of ether oxygens (including phenoxy) is 1. The predicted octanol–water partition coefficient (Wildman–Crippen LogP) is 3.37. The maximum absolute atomic E-state index is 10.9. The molecule has 0 saturated carbocycles. The van der Waals surface area contributed by atoms with Crippen molar-refractivity contribution in [1.29, 1.82) is 0 Å². The number of esters is 1. The number of halogens is 2. The van der Waals surface area contributed by atoms with Gasteiger partial charge in [-0.05, 0) is 37.1 Å². The minimum absolute atomic E-state index is 0.0556. The van der Waals surface area contributed by atoms with Gasteiger partial charge in [0.25, 0.3) is 0 Å². The van der Waals surface area contributed by atoms with Crippen molar-refractivity contribution in [2.24, 2.45) is 0 Å². The lowest BCUT2D eigenvalue weighted by molar-refractivity contribution is 0.0594. The van der Waals surface area contributed by atoms with Crippen molar-refractivity contribution in [2.45, 2.75) is 20.5 Å². The van der Waals surface area contributed by atoms with E-state index in [1.165, 1.54) is 7.11 Å². The number of carbonyl (C=O) groups is 1. The molecule has 0 aliphatic carbocycles. The third kappa shape index (κ3) is 5.26. The van der Waals surface area contributed by atoms with Crippen molar-refractivity contribution in [2.75, 3.05) is 7.11 Å². The van der Waals surface area contributed by atoms with Gasteiger partial charge in [-0.2, -0.15) is 0 Å². The van der Waals surface area contributed by atoms with Crippen LogP contribution in [0.25, 0.3) is 0 Å². The van der Waals surface area contributed by atoms with Crippen molar-refractivity contribution in [3.8, 4) is 0 Å². The third-order valence-electron chi connectivity index (χ3n) is 2.68. The maximum Gasteiger partial charge on any atom is 0.356 e. The molecule has 0 fully saturated rings. The quantitative estimate of drug-likeness (QED) is 0.669. The van der Waals surface area contributed by atoms with E-state index in [2.05, 4.69) is 14.7 Å². The molecule has 7 heteroatoms. The number of hydrogen-bond donors (Lipinski definition) is 1. The Morgan fingerprint density at radius 3 is 2.09 bits per heavy atom. The van der Waals surface area contributed by atoms with Gasteiger partial charge in [0.1, 0.15) is 16.0 Å². The largest absolute Gasteiger partial charge is 0.464 e. The predicted molar refractivity (Wildman–Crippen MR) is 85.2 cm³/mol. The first-order valence-corrected chi connectivity index (χ1v) is 7.09. The minimum Gasteiger partial charge on any atom is -0.464 e. The molecule has 0 unspecified atom stereocenters. The van der Waals surface area contributed by atoms with E-state index in [0.717, 1.165) is 11.1 Å². The zero-order valence-corrected chi connectivity index (χ0v) is 13.9. The van der Waals surface area contributed by atoms with Gasteiger partial charge < -0.3 is 9.84 Å². The SMILES string of the molecule is COC(=O)c1ccc(C)c(Cl)n1.Cc1ccc(CO)nc1Cl. The number of pyridine rings is 2. The molecule has 2 heterocycles. The van der Waals surface area contributed by atoms with E-state index in [9.17, 15) is 4.79 Å². The molecule has 0 amide bonds. The summed E-state index contributed by atoms with van der Waals surface area (Å²) in [4.78, 5) is 18.7. The first-order valence-electron chi connectivity index (χ1n) is 6.33. The van der Waals surface area contributed by atoms with Crippen LogP contribution in [-0.4, -0.2) is 28.2 Å². The standard InChI is InChI=1S/C8H8ClNO2.C7H8ClNO/c1-5-3-4-6(8(11)12-2)10-7(5)9;1-5-2-3-6(4-10)9-7(5)8/h3-4H,1-2H3;2-3,10H,4H2,1H3. The summed E-state index contributed by atoms with van der Waals surface area (Å²) in [7, 11) is 1.30. The van der Waals surface area contributed by atoms with Crippen LogP contribution < -0.4 is 0 Å². The first kappa shape index (κ1) is 18.4. The molecule has 0 saturated heterocycles. The third-order valence-corrected chi connectivity index (χ3v) is 3.45. The highest BCUT2D eigenvalue weighted by Gasteiger charge is 2.07. The summed E-state index contributed by atoms with van der Waals surface area (Å²) in [5, 5.41) is 9.43. The molecule has 22 heavy (non-hydrogen) atoms. The van der Waals surface area contributed by atoms with Crippen molar-refractivity contribution in [3.63, 3.8) is 0 Å². The van der Waals surface area contributed by atoms with Crippen LogP contribution in [0.1, 0.15) is 27.3 Å². The fourth-order valence-electron chi connectivity index (χ4n) is 1.35. The Hall–Kier alpha value is -1.69. The van der Waals surface area contributed by atoms with E-state index in [0.29, 0.717) is 16.0 Å². The lowest BCUT2D eigenvalue weighted by atomic mass is 10.3. The van der Waals surface area contributed by atoms with Crippen molar-refractivity contribution in [1.82, 2.24) is 9.97 Å². The highest BCUT2D eigenvalue weighted by atomic mass is 35.5. The van der Waals surface area contributed by atoms with Crippen LogP contribution in [0.2, 0.25) is 10.3 Å². The zero-order valence-electron chi connectivity index (χ0n) is 12.4. The van der Waals surface area contributed by atoms with Crippen LogP contribution in [0.4, 0.5) is 0 Å². The summed E-state index contributed by atoms with van der Waals surface area (Å²) < 4.78 is 4.47. The number of aryl methyl sites for hydroxylation is 2. The summed E-state index contributed by atoms with van der Waals surface area (Å²) in [6, 6.07) is 6.89. The van der Waals surface area contributed by atoms with Crippen molar-refractivity contribution >= 4 is 29.2 Å². The Balaban J connectivity index is 0.000000224. The van der Waals surface area contributed by atoms with E-state index in [-0.39, 0.29) is 12.3 Å². The van der Waals surface area contributed by atoms with Gasteiger partial charge in [-0.3, -0.25) is 0 Å². The van der Waals surface area contributed by atoms with Crippen LogP contribution in [0, 0.1) is 13.8 Å². The Morgan fingerprint density at radius 2 is 1.64 bits per heavy atom. The normalized spacial score (nSPS) is 9.73. The number of hydrogen-bond acceptors (Lipinski definition) is 5. The second-order valence-electron chi connectivity index (χ2n) is 4.36. The highest BCUT2D eigenvalue weighted by Crippen LogP contribution is 2.12. The van der Waals surface area contributed by atoms with E-state index in [4.69, 9.17) is 28.3 Å². The number of rotatable bonds is 2. The molecule has 2 aromatic heterocycles. The fourth-order valence-corrected chi connectivity index (χ4v) is 1.68. The van der Waals surface area contributed by atoms with Gasteiger partial charge in [-0.15, -0.1) is 0 Å². The summed E-state index contributed by atoms with van der Waals surface area (Å²) in [6.07, 6.45) is 0. The molecular weight excluding hydrogens is 327 g/mol. The van der Waals surface area contributed by atoms with Crippen LogP contribution in [-0.2, 0) is 11.3 Å². The van der Waals surface area contributed by atoms with Gasteiger partial charge in [0.2, 0.25) is 0 Å². The Morgan fingerprint density at radius 1 is 1.09 bits per heavy atom. The van der Waals surface area contributed by atoms with E-state index >= 15 is 0 Å². The summed E-state index contributed by atoms with van der Waals surface area (Å²) >= 11 is 11.4. The topological polar surface area (TPSA) is 72.3 Å². The number of nitrogens with zero attached hydrogens (tertiary/aromatic N) is 2. The van der Waals surface area contributed by atoms with Gasteiger partial charge in [0.05, 0.1) is 19.4 Å². The molecule has 2 rings (SSSR count). The fraction of sp³-hybridized carbons (Fsp3) is 0.267. The smallest absolute Gasteiger partial charge is 0.356 e. The molecule has 0 bridgehead atoms. The minimum atomic E-state index is -0.475. The molecule has 0 aliphatic rings. The molecule has 118 valence electrons. The maximum atomic E-state index is 10.9. The molecular formula is C15H16Cl2N2O3. The Bertz CT molecular complexity index is 663. The van der Waals surface area contributed by atoms with E-state index < -0.39 is 5.97 Å². The number of aliphatic hydroxyl groups is 1. The summed E-state index contributed by atoms with van der Waals surface area (Å²) in [6.45, 7) is 3.63. The van der Waals surface area contributed by atoms with Crippen molar-refractivity contribution < 1.29 is 14.6 Å². The second kappa shape index (κ2) is 8.68. The lowest BCUT2D eigenvalue weighted by Crippen LogP contribution is -2.04. The van der Waals surface area contributed by atoms with E-state index in [1.54, 1.807) is 18.2 Å². The van der Waals surface area contributed by atoms with Crippen LogP contribution >= 0.6 is 23.2 Å². The lowest BCUT2D eigenvalue weighted by Gasteiger charge is -1.99. The first-order chi connectivity index (χ1) is 10.4. The van der Waals surface area contributed by atoms with Crippen molar-refractivity contribution in [3.05, 3.63) is 57.1 Å². The van der Waals surface area contributed by atoms with Crippen LogP contribution in [0.5, 0.6) is 0 Å².